The number of piperazine rings is 1. The van der Waals surface area contributed by atoms with Gasteiger partial charge < -0.3 is 14.5 Å². The summed E-state index contributed by atoms with van der Waals surface area (Å²) in [5.74, 6) is -3.47. The predicted octanol–water partition coefficient (Wildman–Crippen LogP) is 5.37. The zero-order valence-electron chi connectivity index (χ0n) is 19.5. The Balaban J connectivity index is 1.20. The molecule has 37 heavy (non-hydrogen) atoms. The van der Waals surface area contributed by atoms with Gasteiger partial charge in [0, 0.05) is 48.9 Å². The second-order valence-corrected chi connectivity index (χ2v) is 9.29. The van der Waals surface area contributed by atoms with Gasteiger partial charge in [-0.1, -0.05) is 18.2 Å². The Morgan fingerprint density at radius 2 is 1.38 bits per heavy atom. The second kappa shape index (κ2) is 10.5. The summed E-state index contributed by atoms with van der Waals surface area (Å²) in [4.78, 5) is 33.8. The highest BCUT2D eigenvalue weighted by atomic mass is 32.2. The van der Waals surface area contributed by atoms with Gasteiger partial charge in [-0.15, -0.1) is 0 Å². The van der Waals surface area contributed by atoms with E-state index in [1.807, 2.05) is 30.3 Å². The number of hydrogen-bond acceptors (Lipinski definition) is 5. The van der Waals surface area contributed by atoms with Gasteiger partial charge in [0.05, 0.1) is 16.1 Å². The van der Waals surface area contributed by atoms with Crippen molar-refractivity contribution in [1.29, 1.82) is 0 Å². The summed E-state index contributed by atoms with van der Waals surface area (Å²) in [5.41, 5.74) is 1.27. The van der Waals surface area contributed by atoms with Crippen LogP contribution in [0.25, 0.3) is 10.9 Å². The molecule has 1 saturated heterocycles. The van der Waals surface area contributed by atoms with Crippen molar-refractivity contribution < 1.29 is 22.8 Å². The molecule has 1 fully saturated rings. The molecular weight excluding hydrogens is 501 g/mol. The van der Waals surface area contributed by atoms with Crippen molar-refractivity contribution in [3.8, 4) is 0 Å². The highest BCUT2D eigenvalue weighted by Crippen LogP contribution is 2.29. The zero-order valence-corrected chi connectivity index (χ0v) is 20.3. The smallest absolute Gasteiger partial charge is 0.254 e. The molecule has 0 radical (unpaired) electrons. The number of carbonyl (C=O) groups excluding carboxylic acids is 2. The van der Waals surface area contributed by atoms with Gasteiger partial charge in [0.2, 0.25) is 0 Å². The molecule has 4 aromatic rings. The number of fused-ring (bicyclic) bond motifs is 1. The fourth-order valence-corrected chi connectivity index (χ4v) is 4.91. The molecule has 2 amide bonds. The lowest BCUT2D eigenvalue weighted by atomic mass is 10.1. The molecule has 0 atom stereocenters. The van der Waals surface area contributed by atoms with Gasteiger partial charge in [-0.3, -0.25) is 14.6 Å². The minimum Gasteiger partial charge on any atom is -0.335 e. The molecule has 0 unspecified atom stereocenters. The average molecular weight is 523 g/mol. The van der Waals surface area contributed by atoms with Gasteiger partial charge in [-0.2, -0.15) is 0 Å². The van der Waals surface area contributed by atoms with E-state index in [2.05, 4.69) is 9.71 Å². The summed E-state index contributed by atoms with van der Waals surface area (Å²) >= 11 is 1.23. The lowest BCUT2D eigenvalue weighted by Crippen LogP contribution is -2.50. The fraction of sp³-hybridized carbons (Fsp3) is 0.148. The van der Waals surface area contributed by atoms with Crippen LogP contribution in [0, 0.1) is 17.5 Å². The van der Waals surface area contributed by atoms with Gasteiger partial charge >= 0.3 is 0 Å². The summed E-state index contributed by atoms with van der Waals surface area (Å²) in [6.07, 6.45) is 1.70. The van der Waals surface area contributed by atoms with Crippen LogP contribution < -0.4 is 4.72 Å². The molecule has 6 nitrogen and oxygen atoms in total. The van der Waals surface area contributed by atoms with Crippen LogP contribution >= 0.6 is 11.9 Å². The lowest BCUT2D eigenvalue weighted by molar-refractivity contribution is 0.0535. The van der Waals surface area contributed by atoms with Crippen LogP contribution in [0.3, 0.4) is 0 Å². The summed E-state index contributed by atoms with van der Waals surface area (Å²) in [6, 6.07) is 16.8. The van der Waals surface area contributed by atoms with E-state index in [0.717, 1.165) is 27.9 Å². The average Bonchev–Trinajstić information content (AvgIpc) is 2.93. The monoisotopic (exact) mass is 522 g/mol. The summed E-state index contributed by atoms with van der Waals surface area (Å²) in [6.45, 7) is 0.919. The van der Waals surface area contributed by atoms with Crippen molar-refractivity contribution in [2.24, 2.45) is 0 Å². The molecule has 0 saturated carbocycles. The van der Waals surface area contributed by atoms with Crippen LogP contribution in [-0.2, 0) is 0 Å². The number of pyridine rings is 1. The Kier molecular flexibility index (Phi) is 7.00. The highest BCUT2D eigenvalue weighted by Gasteiger charge is 2.26. The summed E-state index contributed by atoms with van der Waals surface area (Å²) in [5, 5.41) is 0.974. The third kappa shape index (κ3) is 5.24. The van der Waals surface area contributed by atoms with Gasteiger partial charge in [0.25, 0.3) is 11.8 Å². The largest absolute Gasteiger partial charge is 0.335 e. The lowest BCUT2D eigenvalue weighted by Gasteiger charge is -2.35. The third-order valence-electron chi connectivity index (χ3n) is 6.10. The van der Waals surface area contributed by atoms with Crippen molar-refractivity contribution in [3.63, 3.8) is 0 Å². The van der Waals surface area contributed by atoms with Gasteiger partial charge in [-0.25, -0.2) is 13.2 Å². The molecule has 188 valence electrons. The van der Waals surface area contributed by atoms with Gasteiger partial charge in [0.1, 0.15) is 5.82 Å². The number of halogens is 3. The topological polar surface area (TPSA) is 65.5 Å². The first-order valence-corrected chi connectivity index (χ1v) is 12.3. The van der Waals surface area contributed by atoms with Crippen molar-refractivity contribution in [2.75, 3.05) is 30.9 Å². The molecule has 5 rings (SSSR count). The Hall–Kier alpha value is -4.05. The number of hydrogen-bond donors (Lipinski definition) is 1. The number of nitrogens with zero attached hydrogens (tertiary/aromatic N) is 3. The van der Waals surface area contributed by atoms with Crippen molar-refractivity contribution in [3.05, 3.63) is 102 Å². The van der Waals surface area contributed by atoms with E-state index in [1.165, 1.54) is 39.9 Å². The Morgan fingerprint density at radius 1 is 0.757 bits per heavy atom. The van der Waals surface area contributed by atoms with Gasteiger partial charge in [0.15, 0.2) is 11.6 Å². The molecule has 2 heterocycles. The van der Waals surface area contributed by atoms with Crippen LogP contribution in [-0.4, -0.2) is 52.8 Å². The van der Waals surface area contributed by atoms with Crippen LogP contribution in [0.2, 0.25) is 0 Å². The minimum atomic E-state index is -1.09. The molecule has 1 aromatic heterocycles. The molecular formula is C27H21F3N4O2S. The maximum absolute atomic E-state index is 14.8. The standard InChI is InChI=1S/C27H21F3N4O2S/c28-20-8-6-18(15-21(20)29)26(35)33-11-13-34(14-12-33)27(36)19-7-9-23(22(30)16-19)32-37-24-5-1-3-17-4-2-10-31-25(17)24/h1-10,15-16,32H,11-14H2. The SMILES string of the molecule is O=C(c1ccc(F)c(F)c1)N1CCN(C(=O)c2ccc(NSc3cccc4cccnc34)c(F)c2)CC1. The third-order valence-corrected chi connectivity index (χ3v) is 6.97. The number of rotatable bonds is 5. The maximum atomic E-state index is 14.8. The first kappa shape index (κ1) is 24.6. The number of carbonyl (C=O) groups is 2. The number of amides is 2. The summed E-state index contributed by atoms with van der Waals surface area (Å²) in [7, 11) is 0. The van der Waals surface area contributed by atoms with E-state index in [0.29, 0.717) is 0 Å². The molecule has 10 heteroatoms. The predicted molar refractivity (Wildman–Crippen MR) is 136 cm³/mol. The second-order valence-electron chi connectivity index (χ2n) is 8.44. The van der Waals surface area contributed by atoms with Crippen LogP contribution in [0.4, 0.5) is 18.9 Å². The molecule has 0 aliphatic carbocycles. The minimum absolute atomic E-state index is 0.0426. The first-order valence-electron chi connectivity index (χ1n) is 11.5. The zero-order chi connectivity index (χ0) is 25.9. The number of nitrogens with one attached hydrogen (secondary N) is 1. The highest BCUT2D eigenvalue weighted by molar-refractivity contribution is 8.00. The fourth-order valence-electron chi connectivity index (χ4n) is 4.11. The number of aromatic nitrogens is 1. The van der Waals surface area contributed by atoms with E-state index in [1.54, 1.807) is 12.3 Å². The van der Waals surface area contributed by atoms with E-state index < -0.39 is 23.4 Å². The molecule has 1 N–H and O–H groups in total. The molecule has 3 aromatic carbocycles. The van der Waals surface area contributed by atoms with Crippen molar-refractivity contribution in [1.82, 2.24) is 14.8 Å². The van der Waals surface area contributed by atoms with E-state index in [9.17, 15) is 22.8 Å². The van der Waals surface area contributed by atoms with E-state index >= 15 is 0 Å². The molecule has 1 aliphatic heterocycles. The van der Waals surface area contributed by atoms with E-state index in [4.69, 9.17) is 0 Å². The first-order chi connectivity index (χ1) is 17.9. The Morgan fingerprint density at radius 3 is 2.03 bits per heavy atom. The number of benzene rings is 3. The Labute approximate surface area is 215 Å². The summed E-state index contributed by atoms with van der Waals surface area (Å²) < 4.78 is 44.5. The number of para-hydroxylation sites is 1. The number of anilines is 1. The maximum Gasteiger partial charge on any atom is 0.254 e. The Bertz CT molecular complexity index is 1490. The molecule has 0 bridgehead atoms. The molecule has 1 aliphatic rings. The van der Waals surface area contributed by atoms with E-state index in [-0.39, 0.29) is 48.9 Å². The van der Waals surface area contributed by atoms with Crippen molar-refractivity contribution in [2.45, 2.75) is 4.90 Å². The molecule has 0 spiro atoms. The van der Waals surface area contributed by atoms with Crippen LogP contribution in [0.15, 0.2) is 77.8 Å². The van der Waals surface area contributed by atoms with Crippen molar-refractivity contribution >= 4 is 40.4 Å². The van der Waals surface area contributed by atoms with Crippen LogP contribution in [0.1, 0.15) is 20.7 Å². The van der Waals surface area contributed by atoms with Crippen LogP contribution in [0.5, 0.6) is 0 Å². The normalized spacial score (nSPS) is 13.6. The quantitative estimate of drug-likeness (QED) is 0.357. The van der Waals surface area contributed by atoms with Gasteiger partial charge in [-0.05, 0) is 60.5 Å².